The van der Waals surface area contributed by atoms with Crippen LogP contribution in [0.3, 0.4) is 0 Å². The first-order valence-corrected chi connectivity index (χ1v) is 9.98. The third kappa shape index (κ3) is 12.3. The lowest BCUT2D eigenvalue weighted by atomic mass is 9.80. The molecule has 2 N–H and O–H groups in total. The number of rotatable bonds is 12. The summed E-state index contributed by atoms with van der Waals surface area (Å²) in [5.41, 5.74) is 0.708. The molecule has 4 unspecified atom stereocenters. The van der Waals surface area contributed by atoms with Crippen LogP contribution in [0.15, 0.2) is 36.3 Å². The number of carbonyl (C=O) groups excluding carboxylic acids is 1. The van der Waals surface area contributed by atoms with Crippen molar-refractivity contribution in [3.63, 3.8) is 0 Å². The molecule has 0 fully saturated rings. The molecule has 0 heterocycles. The lowest BCUT2D eigenvalue weighted by molar-refractivity contribution is 0.0507. The molecule has 5 nitrogen and oxygen atoms in total. The number of aliphatic hydroxyl groups is 1. The monoisotopic (exact) mass is 381 g/mol. The van der Waals surface area contributed by atoms with E-state index in [4.69, 9.17) is 9.47 Å². The van der Waals surface area contributed by atoms with Gasteiger partial charge >= 0.3 is 6.16 Å². The second-order valence-corrected chi connectivity index (χ2v) is 7.56. The van der Waals surface area contributed by atoms with Gasteiger partial charge in [-0.05, 0) is 62.2 Å². The van der Waals surface area contributed by atoms with E-state index in [2.05, 4.69) is 39.9 Å². The highest BCUT2D eigenvalue weighted by atomic mass is 16.7. The summed E-state index contributed by atoms with van der Waals surface area (Å²) in [5, 5.41) is 12.2. The lowest BCUT2D eigenvalue weighted by Gasteiger charge is -2.28. The maximum atomic E-state index is 11.9. The average Bonchev–Trinajstić information content (AvgIpc) is 2.60. The summed E-state index contributed by atoms with van der Waals surface area (Å²) in [4.78, 5) is 11.9. The number of hydrogen-bond acceptors (Lipinski definition) is 5. The number of aliphatic hydroxyl groups excluding tert-OH is 1. The molecule has 0 saturated carbocycles. The molecule has 0 bridgehead atoms. The third-order valence-electron chi connectivity index (χ3n) is 4.85. The highest BCUT2D eigenvalue weighted by molar-refractivity contribution is 5.60. The third-order valence-corrected chi connectivity index (χ3v) is 4.85. The van der Waals surface area contributed by atoms with Gasteiger partial charge in [0.15, 0.2) is 0 Å². The molecular weight excluding hydrogens is 342 g/mol. The van der Waals surface area contributed by atoms with Crippen LogP contribution in [0, 0.1) is 23.7 Å². The van der Waals surface area contributed by atoms with Crippen molar-refractivity contribution < 1.29 is 19.4 Å². The molecule has 0 rings (SSSR count). The van der Waals surface area contributed by atoms with Gasteiger partial charge in [-0.3, -0.25) is 0 Å². The van der Waals surface area contributed by atoms with Crippen LogP contribution in [0.4, 0.5) is 4.79 Å². The highest BCUT2D eigenvalue weighted by Crippen LogP contribution is 2.28. The molecule has 5 heteroatoms. The number of hydrogen-bond donors (Lipinski definition) is 2. The maximum Gasteiger partial charge on any atom is 0.513 e. The fraction of sp³-hybridized carbons (Fsp3) is 0.682. The van der Waals surface area contributed by atoms with Crippen LogP contribution >= 0.6 is 0 Å². The minimum Gasteiger partial charge on any atom is -0.434 e. The zero-order valence-electron chi connectivity index (χ0n) is 18.1. The quantitative estimate of drug-likeness (QED) is 0.205. The molecular formula is C22H39NO4. The van der Waals surface area contributed by atoms with Crippen LogP contribution in [0.5, 0.6) is 0 Å². The predicted octanol–water partition coefficient (Wildman–Crippen LogP) is 5.39. The fourth-order valence-corrected chi connectivity index (χ4v) is 2.68. The van der Waals surface area contributed by atoms with Gasteiger partial charge in [-0.15, -0.1) is 0 Å². The Morgan fingerprint density at radius 1 is 1.19 bits per heavy atom. The van der Waals surface area contributed by atoms with Crippen LogP contribution in [-0.2, 0) is 9.47 Å². The average molecular weight is 382 g/mol. The minimum absolute atomic E-state index is 0.327. The Balaban J connectivity index is 4.60. The Morgan fingerprint density at radius 3 is 2.37 bits per heavy atom. The zero-order chi connectivity index (χ0) is 20.8. The molecule has 0 radical (unpaired) electrons. The van der Waals surface area contributed by atoms with E-state index in [1.54, 1.807) is 19.1 Å². The first kappa shape index (κ1) is 25.2. The molecule has 0 aliphatic heterocycles. The van der Waals surface area contributed by atoms with Gasteiger partial charge in [0.2, 0.25) is 0 Å². The smallest absolute Gasteiger partial charge is 0.434 e. The summed E-state index contributed by atoms with van der Waals surface area (Å²) in [5.74, 6) is 1.94. The molecule has 0 aromatic heterocycles. The lowest BCUT2D eigenvalue weighted by Crippen LogP contribution is -2.25. The Kier molecular flexibility index (Phi) is 13.4. The molecule has 4 atom stereocenters. The normalized spacial score (nSPS) is 17.1. The van der Waals surface area contributed by atoms with E-state index in [9.17, 15) is 9.90 Å². The predicted molar refractivity (Wildman–Crippen MR) is 111 cm³/mol. The largest absolute Gasteiger partial charge is 0.513 e. The SMILES string of the molecule is C\C=C/C(=C\C=C\OC(=O)OCC(CC(C)CC)C(C)C(C)C)NC(C)O. The van der Waals surface area contributed by atoms with Crippen molar-refractivity contribution in [3.8, 4) is 0 Å². The van der Waals surface area contributed by atoms with E-state index in [1.807, 2.05) is 19.1 Å². The molecule has 0 aliphatic rings. The fourth-order valence-electron chi connectivity index (χ4n) is 2.68. The Labute approximate surface area is 165 Å². The van der Waals surface area contributed by atoms with Crippen molar-refractivity contribution in [2.75, 3.05) is 6.61 Å². The Morgan fingerprint density at radius 2 is 1.85 bits per heavy atom. The van der Waals surface area contributed by atoms with Crippen LogP contribution < -0.4 is 5.32 Å². The van der Waals surface area contributed by atoms with Gasteiger partial charge in [-0.1, -0.05) is 47.1 Å². The maximum absolute atomic E-state index is 11.9. The summed E-state index contributed by atoms with van der Waals surface area (Å²) < 4.78 is 10.3. The molecule has 0 aromatic carbocycles. The van der Waals surface area contributed by atoms with Crippen molar-refractivity contribution in [2.24, 2.45) is 23.7 Å². The molecule has 0 saturated heterocycles. The van der Waals surface area contributed by atoms with Gasteiger partial charge < -0.3 is 19.9 Å². The molecule has 156 valence electrons. The van der Waals surface area contributed by atoms with Gasteiger partial charge in [0.05, 0.1) is 12.9 Å². The van der Waals surface area contributed by atoms with E-state index in [-0.39, 0.29) is 0 Å². The number of allylic oxidation sites excluding steroid dienone is 4. The van der Waals surface area contributed by atoms with Crippen molar-refractivity contribution in [3.05, 3.63) is 36.3 Å². The first-order valence-electron chi connectivity index (χ1n) is 9.98. The van der Waals surface area contributed by atoms with Gasteiger partial charge in [0.25, 0.3) is 0 Å². The van der Waals surface area contributed by atoms with Gasteiger partial charge in [-0.2, -0.15) is 0 Å². The Bertz CT molecular complexity index is 495. The summed E-state index contributed by atoms with van der Waals surface area (Å²) >= 11 is 0. The second kappa shape index (κ2) is 14.3. The van der Waals surface area contributed by atoms with E-state index in [1.165, 1.54) is 6.26 Å². The molecule has 0 amide bonds. The zero-order valence-corrected chi connectivity index (χ0v) is 18.1. The number of nitrogens with one attached hydrogen (secondary N) is 1. The van der Waals surface area contributed by atoms with Gasteiger partial charge in [-0.25, -0.2) is 4.79 Å². The van der Waals surface area contributed by atoms with Crippen LogP contribution in [0.2, 0.25) is 0 Å². The standard InChI is InChI=1S/C22H39NO4/c1-8-11-21(23-19(7)24)12-10-13-26-22(25)27-15-20(14-17(5)9-2)18(6)16(3)4/h8,10-13,16-20,23-24H,9,14-15H2,1-7H3/b11-8-,13-10+,21-12+. The van der Waals surface area contributed by atoms with Crippen LogP contribution in [-0.4, -0.2) is 24.1 Å². The van der Waals surface area contributed by atoms with Gasteiger partial charge in [0.1, 0.15) is 6.23 Å². The molecule has 0 aromatic rings. The topological polar surface area (TPSA) is 67.8 Å². The molecule has 27 heavy (non-hydrogen) atoms. The number of ether oxygens (including phenoxy) is 2. The molecule has 0 aliphatic carbocycles. The summed E-state index contributed by atoms with van der Waals surface area (Å²) in [6.45, 7) is 14.9. The summed E-state index contributed by atoms with van der Waals surface area (Å²) in [6, 6.07) is 0. The number of carbonyl (C=O) groups is 1. The molecule has 0 spiro atoms. The second-order valence-electron chi connectivity index (χ2n) is 7.56. The van der Waals surface area contributed by atoms with E-state index >= 15 is 0 Å². The van der Waals surface area contributed by atoms with E-state index in [0.717, 1.165) is 12.8 Å². The van der Waals surface area contributed by atoms with E-state index < -0.39 is 12.4 Å². The Hall–Kier alpha value is -1.75. The van der Waals surface area contributed by atoms with Crippen LogP contribution in [0.1, 0.15) is 61.3 Å². The summed E-state index contributed by atoms with van der Waals surface area (Å²) in [7, 11) is 0. The van der Waals surface area contributed by atoms with Crippen molar-refractivity contribution in [1.29, 1.82) is 0 Å². The first-order chi connectivity index (χ1) is 12.7. The van der Waals surface area contributed by atoms with E-state index in [0.29, 0.717) is 36.0 Å². The van der Waals surface area contributed by atoms with Crippen LogP contribution in [0.25, 0.3) is 0 Å². The highest BCUT2D eigenvalue weighted by Gasteiger charge is 2.23. The van der Waals surface area contributed by atoms with Gasteiger partial charge in [0, 0.05) is 5.70 Å². The van der Waals surface area contributed by atoms with Crippen molar-refractivity contribution >= 4 is 6.16 Å². The summed E-state index contributed by atoms with van der Waals surface area (Å²) in [6.07, 6.45) is 9.02. The van der Waals surface area contributed by atoms with Crippen molar-refractivity contribution in [2.45, 2.75) is 67.5 Å². The van der Waals surface area contributed by atoms with Crippen molar-refractivity contribution in [1.82, 2.24) is 5.32 Å². The minimum atomic E-state index is -0.694.